The molecule has 2 N–H and O–H groups in total. The van der Waals surface area contributed by atoms with Crippen molar-refractivity contribution in [1.82, 2.24) is 0 Å². The number of carboxylic acids is 2. The van der Waals surface area contributed by atoms with Crippen molar-refractivity contribution in [1.29, 1.82) is 0 Å². The number of hydrogen-bond donors (Lipinski definition) is 2. The Bertz CT molecular complexity index is 307. The molecule has 0 aromatic carbocycles. The van der Waals surface area contributed by atoms with E-state index in [-0.39, 0.29) is 36.0 Å². The zero-order valence-electron chi connectivity index (χ0n) is 13.4. The van der Waals surface area contributed by atoms with Gasteiger partial charge in [0, 0.05) is 0 Å². The van der Waals surface area contributed by atoms with Crippen LogP contribution in [-0.4, -0.2) is 51.7 Å². The molecule has 0 atom stereocenters. The molecule has 0 saturated heterocycles. The van der Waals surface area contributed by atoms with Crippen LogP contribution < -0.4 is 0 Å². The molecule has 0 unspecified atom stereocenters. The Morgan fingerprint density at radius 3 is 1.52 bits per heavy atom. The summed E-state index contributed by atoms with van der Waals surface area (Å²) in [5, 5.41) is 18.8. The van der Waals surface area contributed by atoms with E-state index >= 15 is 0 Å². The average Bonchev–Trinajstić information content (AvgIpc) is 2.30. The second kappa shape index (κ2) is 10.6. The third kappa shape index (κ3) is 6.70. The molecule has 0 radical (unpaired) electrons. The monoisotopic (exact) mass is 310 g/mol. The van der Waals surface area contributed by atoms with Gasteiger partial charge in [0.05, 0.1) is 0 Å². The summed E-state index contributed by atoms with van der Waals surface area (Å²) in [5.41, 5.74) is -2.48. The van der Waals surface area contributed by atoms with Gasteiger partial charge in [-0.05, 0) is 11.8 Å². The molecule has 0 aromatic rings. The number of carbonyl (C=O) groups is 2. The molecule has 0 saturated carbocycles. The topological polar surface area (TPSA) is 74.6 Å². The van der Waals surface area contributed by atoms with Gasteiger partial charge in [-0.3, -0.25) is 9.59 Å². The first-order valence-electron chi connectivity index (χ1n) is 7.67. The fourth-order valence-corrected chi connectivity index (χ4v) is 2.67. The zero-order valence-corrected chi connectivity index (χ0v) is 13.4. The normalized spacial score (nSPS) is 11.8. The van der Waals surface area contributed by atoms with Gasteiger partial charge >= 0.3 is 41.5 Å². The molecule has 0 bridgehead atoms. The molecule has 5 heteroatoms. The van der Waals surface area contributed by atoms with Crippen LogP contribution in [0.5, 0.6) is 0 Å². The van der Waals surface area contributed by atoms with E-state index in [4.69, 9.17) is 0 Å². The zero-order chi connectivity index (χ0) is 15.8. The maximum absolute atomic E-state index is 11.5. The van der Waals surface area contributed by atoms with Crippen molar-refractivity contribution < 1.29 is 19.8 Å². The van der Waals surface area contributed by atoms with E-state index in [1.165, 1.54) is 19.3 Å². The van der Waals surface area contributed by atoms with Gasteiger partial charge in [0.2, 0.25) is 0 Å². The van der Waals surface area contributed by atoms with Gasteiger partial charge in [-0.2, -0.15) is 0 Å². The molecule has 0 aliphatic heterocycles. The number of rotatable bonds is 10. The fraction of sp³-hybridized carbons (Fsp3) is 0.875. The Morgan fingerprint density at radius 2 is 1.19 bits per heavy atom. The molecule has 0 aliphatic carbocycles. The summed E-state index contributed by atoms with van der Waals surface area (Å²) in [6, 6.07) is 0. The minimum atomic E-state index is -1.68. The summed E-state index contributed by atoms with van der Waals surface area (Å²) in [6.07, 6.45) is 7.61. The second-order valence-electron chi connectivity index (χ2n) is 6.64. The van der Waals surface area contributed by atoms with Crippen molar-refractivity contribution in [3.8, 4) is 0 Å². The van der Waals surface area contributed by atoms with E-state index in [1.54, 1.807) is 20.8 Å². The van der Waals surface area contributed by atoms with Crippen LogP contribution in [0.4, 0.5) is 0 Å². The molecule has 0 aromatic heterocycles. The Balaban J connectivity index is 0. The molecule has 0 fully saturated rings. The van der Waals surface area contributed by atoms with Gasteiger partial charge in [-0.25, -0.2) is 0 Å². The van der Waals surface area contributed by atoms with Crippen LogP contribution in [0.2, 0.25) is 0 Å². The maximum atomic E-state index is 11.5. The van der Waals surface area contributed by atoms with E-state index in [1.807, 2.05) is 0 Å². The van der Waals surface area contributed by atoms with E-state index in [2.05, 4.69) is 6.92 Å². The molecule has 0 rings (SSSR count). The average molecular weight is 310 g/mol. The summed E-state index contributed by atoms with van der Waals surface area (Å²) < 4.78 is 0. The summed E-state index contributed by atoms with van der Waals surface area (Å²) in [5.74, 6) is -2.44. The Labute approximate surface area is 151 Å². The van der Waals surface area contributed by atoms with Crippen LogP contribution >= 0.6 is 0 Å². The third-order valence-electron chi connectivity index (χ3n) is 4.17. The van der Waals surface area contributed by atoms with Crippen LogP contribution in [0, 0.1) is 10.8 Å². The summed E-state index contributed by atoms with van der Waals surface area (Å²) in [7, 11) is 0. The number of aliphatic carboxylic acids is 2. The van der Waals surface area contributed by atoms with Gasteiger partial charge in [0.1, 0.15) is 0 Å². The first-order chi connectivity index (χ1) is 9.20. The molecule has 0 amide bonds. The summed E-state index contributed by atoms with van der Waals surface area (Å²) >= 11 is 0. The van der Waals surface area contributed by atoms with Crippen molar-refractivity contribution >= 4 is 41.5 Å². The summed E-state index contributed by atoms with van der Waals surface area (Å²) in [4.78, 5) is 23.1. The molecule has 0 aliphatic rings. The van der Waals surface area contributed by atoms with Crippen LogP contribution in [0.25, 0.3) is 0 Å². The van der Waals surface area contributed by atoms with Crippen molar-refractivity contribution in [2.75, 3.05) is 0 Å². The quantitative estimate of drug-likeness (QED) is 0.367. The van der Waals surface area contributed by atoms with Crippen LogP contribution in [0.3, 0.4) is 0 Å². The van der Waals surface area contributed by atoms with Crippen molar-refractivity contribution in [2.45, 2.75) is 79.1 Å². The first kappa shape index (κ1) is 23.2. The van der Waals surface area contributed by atoms with Crippen LogP contribution in [-0.2, 0) is 9.59 Å². The van der Waals surface area contributed by atoms with E-state index in [0.717, 1.165) is 19.3 Å². The SMILES string of the molecule is CCCCCCCCCC(C(=O)O)(C(=O)O)C(C)(C)C.[NaH]. The van der Waals surface area contributed by atoms with Gasteiger partial charge in [-0.1, -0.05) is 72.6 Å². The van der Waals surface area contributed by atoms with Crippen molar-refractivity contribution in [3.63, 3.8) is 0 Å². The Hall–Kier alpha value is -0.0600. The third-order valence-corrected chi connectivity index (χ3v) is 4.17. The van der Waals surface area contributed by atoms with Crippen molar-refractivity contribution in [3.05, 3.63) is 0 Å². The molecule has 21 heavy (non-hydrogen) atoms. The predicted molar refractivity (Wildman–Crippen MR) is 86.9 cm³/mol. The number of hydrogen-bond acceptors (Lipinski definition) is 2. The molecule has 120 valence electrons. The van der Waals surface area contributed by atoms with E-state index < -0.39 is 22.8 Å². The Morgan fingerprint density at radius 1 is 0.810 bits per heavy atom. The molecular formula is C16H31NaO4. The van der Waals surface area contributed by atoms with Gasteiger partial charge in [0.15, 0.2) is 5.41 Å². The molecular weight excluding hydrogens is 279 g/mol. The van der Waals surface area contributed by atoms with Gasteiger partial charge in [-0.15, -0.1) is 0 Å². The van der Waals surface area contributed by atoms with Gasteiger partial charge < -0.3 is 10.2 Å². The van der Waals surface area contributed by atoms with Gasteiger partial charge in [0.25, 0.3) is 0 Å². The molecule has 4 nitrogen and oxygen atoms in total. The van der Waals surface area contributed by atoms with E-state index in [0.29, 0.717) is 6.42 Å². The summed E-state index contributed by atoms with van der Waals surface area (Å²) in [6.45, 7) is 7.24. The van der Waals surface area contributed by atoms with Crippen LogP contribution in [0.15, 0.2) is 0 Å². The molecule has 0 heterocycles. The minimum absolute atomic E-state index is 0. The first-order valence-corrected chi connectivity index (χ1v) is 7.67. The fourth-order valence-electron chi connectivity index (χ4n) is 2.67. The van der Waals surface area contributed by atoms with E-state index in [9.17, 15) is 19.8 Å². The standard InChI is InChI=1S/C16H30O4.Na.H/c1-5-6-7-8-9-10-11-12-16(13(17)18,14(19)20)15(2,3)4;;/h5-12H2,1-4H3,(H,17,18)(H,19,20);;. The molecule has 0 spiro atoms. The Kier molecular flexibility index (Phi) is 11.7. The second-order valence-corrected chi connectivity index (χ2v) is 6.64. The number of unbranched alkanes of at least 4 members (excludes halogenated alkanes) is 6. The van der Waals surface area contributed by atoms with Crippen LogP contribution in [0.1, 0.15) is 79.1 Å². The van der Waals surface area contributed by atoms with Crippen molar-refractivity contribution in [2.24, 2.45) is 10.8 Å². The predicted octanol–water partition coefficient (Wildman–Crippen LogP) is 3.68. The number of carboxylic acid groups (broad SMARTS) is 2.